The highest BCUT2D eigenvalue weighted by molar-refractivity contribution is 6.17. The fraction of sp³-hybridized carbons (Fsp3) is 1.00. The lowest BCUT2D eigenvalue weighted by molar-refractivity contribution is 0.109. The number of rotatable bonds is 5. The second kappa shape index (κ2) is 5.84. The maximum absolute atomic E-state index is 5.49. The number of halogens is 1. The van der Waals surface area contributed by atoms with Crippen LogP contribution in [-0.4, -0.2) is 19.1 Å². The molecule has 0 atom stereocenters. The van der Waals surface area contributed by atoms with Crippen molar-refractivity contribution >= 4 is 11.6 Å². The van der Waals surface area contributed by atoms with Crippen LogP contribution in [0, 0.1) is 5.41 Å². The normalized spacial score (nSPS) is 12.0. The van der Waals surface area contributed by atoms with E-state index in [2.05, 4.69) is 20.8 Å². The van der Waals surface area contributed by atoms with Crippen LogP contribution >= 0.6 is 11.6 Å². The molecule has 11 heavy (non-hydrogen) atoms. The maximum Gasteiger partial charge on any atom is 0.0477 e. The van der Waals surface area contributed by atoms with E-state index in [1.807, 2.05) is 0 Å². The van der Waals surface area contributed by atoms with Gasteiger partial charge in [0.2, 0.25) is 0 Å². The van der Waals surface area contributed by atoms with Crippen LogP contribution in [0.5, 0.6) is 0 Å². The monoisotopic (exact) mass is 178 g/mol. The molecule has 0 radical (unpaired) electrons. The third-order valence-corrected chi connectivity index (χ3v) is 1.69. The van der Waals surface area contributed by atoms with Gasteiger partial charge in [0.05, 0.1) is 0 Å². The summed E-state index contributed by atoms with van der Waals surface area (Å²) in [6.07, 6.45) is 2.08. The van der Waals surface area contributed by atoms with Crippen LogP contribution in [0.2, 0.25) is 0 Å². The zero-order chi connectivity index (χ0) is 8.74. The first kappa shape index (κ1) is 11.2. The van der Waals surface area contributed by atoms with E-state index in [0.29, 0.717) is 11.3 Å². The zero-order valence-corrected chi connectivity index (χ0v) is 8.58. The Kier molecular flexibility index (Phi) is 5.98. The molecule has 0 rings (SSSR count). The molecule has 0 saturated carbocycles. The summed E-state index contributed by atoms with van der Waals surface area (Å²) in [5, 5.41) is 0. The summed E-state index contributed by atoms with van der Waals surface area (Å²) in [4.78, 5) is 0. The second-order valence-electron chi connectivity index (χ2n) is 3.97. The van der Waals surface area contributed by atoms with Gasteiger partial charge in [0.1, 0.15) is 0 Å². The first-order valence-corrected chi connectivity index (χ1v) is 4.73. The van der Waals surface area contributed by atoms with Crippen molar-refractivity contribution in [1.29, 1.82) is 0 Å². The molecule has 2 heteroatoms. The van der Waals surface area contributed by atoms with E-state index in [1.54, 1.807) is 0 Å². The highest BCUT2D eigenvalue weighted by Crippen LogP contribution is 2.17. The van der Waals surface area contributed by atoms with Gasteiger partial charge in [-0.3, -0.25) is 0 Å². The molecule has 0 spiro atoms. The van der Waals surface area contributed by atoms with Crippen LogP contribution in [0.3, 0.4) is 0 Å². The SMILES string of the molecule is CC(C)(C)CCOCCCCl. The van der Waals surface area contributed by atoms with Gasteiger partial charge in [-0.25, -0.2) is 0 Å². The van der Waals surface area contributed by atoms with Crippen molar-refractivity contribution in [2.24, 2.45) is 5.41 Å². The van der Waals surface area contributed by atoms with Crippen LogP contribution in [0.4, 0.5) is 0 Å². The molecule has 0 N–H and O–H groups in total. The Morgan fingerprint density at radius 2 is 1.82 bits per heavy atom. The van der Waals surface area contributed by atoms with E-state index in [4.69, 9.17) is 16.3 Å². The third kappa shape index (κ3) is 10.2. The third-order valence-electron chi connectivity index (χ3n) is 1.42. The Morgan fingerprint density at radius 1 is 1.18 bits per heavy atom. The van der Waals surface area contributed by atoms with Crippen LogP contribution < -0.4 is 0 Å². The number of hydrogen-bond acceptors (Lipinski definition) is 1. The molecule has 0 aromatic heterocycles. The summed E-state index contributed by atoms with van der Waals surface area (Å²) >= 11 is 5.49. The largest absolute Gasteiger partial charge is 0.381 e. The predicted molar refractivity (Wildman–Crippen MR) is 50.2 cm³/mol. The lowest BCUT2D eigenvalue weighted by atomic mass is 9.93. The highest BCUT2D eigenvalue weighted by atomic mass is 35.5. The molecular formula is C9H19ClO. The minimum atomic E-state index is 0.390. The fourth-order valence-corrected chi connectivity index (χ4v) is 0.746. The fourth-order valence-electron chi connectivity index (χ4n) is 0.637. The molecule has 0 aliphatic heterocycles. The Hall–Kier alpha value is 0.250. The van der Waals surface area contributed by atoms with E-state index in [0.717, 1.165) is 26.1 Å². The molecular weight excluding hydrogens is 160 g/mol. The first-order chi connectivity index (χ1) is 5.06. The summed E-state index contributed by atoms with van der Waals surface area (Å²) in [7, 11) is 0. The van der Waals surface area contributed by atoms with Crippen molar-refractivity contribution in [3.63, 3.8) is 0 Å². The average Bonchev–Trinajstić information content (AvgIpc) is 1.85. The van der Waals surface area contributed by atoms with Gasteiger partial charge < -0.3 is 4.74 Å². The molecule has 0 aliphatic carbocycles. The van der Waals surface area contributed by atoms with E-state index in [1.165, 1.54) is 0 Å². The summed E-state index contributed by atoms with van der Waals surface area (Å²) in [6.45, 7) is 8.33. The topological polar surface area (TPSA) is 9.23 Å². The first-order valence-electron chi connectivity index (χ1n) is 4.20. The summed E-state index contributed by atoms with van der Waals surface area (Å²) in [5.41, 5.74) is 0.390. The van der Waals surface area contributed by atoms with Crippen LogP contribution in [0.15, 0.2) is 0 Å². The van der Waals surface area contributed by atoms with Gasteiger partial charge in [-0.15, -0.1) is 11.6 Å². The molecule has 68 valence electrons. The van der Waals surface area contributed by atoms with Crippen LogP contribution in [0.1, 0.15) is 33.6 Å². The molecule has 0 aliphatic rings. The molecule has 0 bridgehead atoms. The molecule has 0 aromatic carbocycles. The Bertz CT molecular complexity index is 86.1. The molecule has 0 fully saturated rings. The minimum absolute atomic E-state index is 0.390. The van der Waals surface area contributed by atoms with E-state index < -0.39 is 0 Å². The Labute approximate surface area is 75.1 Å². The molecule has 1 nitrogen and oxygen atoms in total. The van der Waals surface area contributed by atoms with E-state index >= 15 is 0 Å². The van der Waals surface area contributed by atoms with Gasteiger partial charge >= 0.3 is 0 Å². The number of alkyl halides is 1. The van der Waals surface area contributed by atoms with E-state index in [-0.39, 0.29) is 0 Å². The summed E-state index contributed by atoms with van der Waals surface area (Å²) < 4.78 is 5.37. The molecule has 0 unspecified atom stereocenters. The van der Waals surface area contributed by atoms with Gasteiger partial charge in [0, 0.05) is 19.1 Å². The van der Waals surface area contributed by atoms with Crippen molar-refractivity contribution in [3.05, 3.63) is 0 Å². The standard InChI is InChI=1S/C9H19ClO/c1-9(2,3)5-8-11-7-4-6-10/h4-8H2,1-3H3. The lowest BCUT2D eigenvalue weighted by Crippen LogP contribution is -2.10. The predicted octanol–water partition coefficient (Wildman–Crippen LogP) is 3.07. The maximum atomic E-state index is 5.49. The molecule has 0 saturated heterocycles. The quantitative estimate of drug-likeness (QED) is 0.465. The van der Waals surface area contributed by atoms with Gasteiger partial charge in [0.25, 0.3) is 0 Å². The average molecular weight is 179 g/mol. The highest BCUT2D eigenvalue weighted by Gasteiger charge is 2.08. The van der Waals surface area contributed by atoms with Gasteiger partial charge in [0.15, 0.2) is 0 Å². The minimum Gasteiger partial charge on any atom is -0.381 e. The lowest BCUT2D eigenvalue weighted by Gasteiger charge is -2.17. The summed E-state index contributed by atoms with van der Waals surface area (Å²) in [5.74, 6) is 0.704. The molecule has 0 amide bonds. The summed E-state index contributed by atoms with van der Waals surface area (Å²) in [6, 6.07) is 0. The van der Waals surface area contributed by atoms with Crippen molar-refractivity contribution in [1.82, 2.24) is 0 Å². The van der Waals surface area contributed by atoms with Gasteiger partial charge in [-0.05, 0) is 18.3 Å². The smallest absolute Gasteiger partial charge is 0.0477 e. The van der Waals surface area contributed by atoms with Crippen molar-refractivity contribution in [2.45, 2.75) is 33.6 Å². The van der Waals surface area contributed by atoms with Crippen LogP contribution in [-0.2, 0) is 4.74 Å². The van der Waals surface area contributed by atoms with Crippen molar-refractivity contribution < 1.29 is 4.74 Å². The molecule has 0 heterocycles. The van der Waals surface area contributed by atoms with E-state index in [9.17, 15) is 0 Å². The number of hydrogen-bond donors (Lipinski definition) is 0. The molecule has 0 aromatic rings. The van der Waals surface area contributed by atoms with Crippen molar-refractivity contribution in [3.8, 4) is 0 Å². The Morgan fingerprint density at radius 3 is 2.27 bits per heavy atom. The van der Waals surface area contributed by atoms with Crippen LogP contribution in [0.25, 0.3) is 0 Å². The second-order valence-corrected chi connectivity index (χ2v) is 4.34. The zero-order valence-electron chi connectivity index (χ0n) is 7.82. The Balaban J connectivity index is 3.02. The van der Waals surface area contributed by atoms with Gasteiger partial charge in [-0.1, -0.05) is 20.8 Å². The van der Waals surface area contributed by atoms with Crippen molar-refractivity contribution in [2.75, 3.05) is 19.1 Å². The number of ether oxygens (including phenoxy) is 1. The van der Waals surface area contributed by atoms with Gasteiger partial charge in [-0.2, -0.15) is 0 Å².